The number of hydrogen-bond acceptors (Lipinski definition) is 6. The number of carbonyl (C=O) groups excluding carboxylic acids is 2. The van der Waals surface area contributed by atoms with E-state index in [2.05, 4.69) is 34.9 Å². The molecular formula is C33H31ClN2O4S. The van der Waals surface area contributed by atoms with Gasteiger partial charge in [0, 0.05) is 33.7 Å². The highest BCUT2D eigenvalue weighted by Crippen LogP contribution is 2.46. The van der Waals surface area contributed by atoms with Gasteiger partial charge in [0.2, 0.25) is 0 Å². The molecule has 2 atom stereocenters. The van der Waals surface area contributed by atoms with Crippen molar-refractivity contribution in [3.05, 3.63) is 111 Å². The van der Waals surface area contributed by atoms with E-state index in [-0.39, 0.29) is 31.0 Å². The number of carbonyl (C=O) groups is 2. The second-order valence-corrected chi connectivity index (χ2v) is 12.4. The van der Waals surface area contributed by atoms with Crippen LogP contribution >= 0.6 is 22.9 Å². The van der Waals surface area contributed by atoms with Crippen LogP contribution in [0.15, 0.2) is 72.8 Å². The molecule has 6 rings (SSSR count). The molecule has 1 saturated carbocycles. The molecule has 2 N–H and O–H groups in total. The average Bonchev–Trinajstić information content (AvgIpc) is 3.33. The SMILES string of the molecule is Cc1sc(NCO[C@@]2(NC(=O)OCC3c4ccccc4-c4ccccc43)C[C@@H]2C)c(C(=O)c2ccc(Cl)cc2)c1C. The highest BCUT2D eigenvalue weighted by atomic mass is 35.5. The van der Waals surface area contributed by atoms with E-state index in [1.54, 1.807) is 24.3 Å². The van der Waals surface area contributed by atoms with Gasteiger partial charge >= 0.3 is 6.09 Å². The van der Waals surface area contributed by atoms with Gasteiger partial charge in [0.15, 0.2) is 5.78 Å². The Bertz CT molecular complexity index is 1590. The smallest absolute Gasteiger partial charge is 0.409 e. The number of fused-ring (bicyclic) bond motifs is 3. The molecule has 0 bridgehead atoms. The standard InChI is InChI=1S/C33H31ClN2O4S/c1-19-16-33(19,36-32(38)39-17-28-26-10-6-4-8-24(26)25-9-5-7-11-27(25)28)40-18-35-31-29(20(2)21(3)41-31)30(37)22-12-14-23(34)15-13-22/h4-15,19,28,35H,16-18H2,1-3H3,(H,36,38)/t19-,33-/m0/s1. The zero-order valence-corrected chi connectivity index (χ0v) is 24.7. The Morgan fingerprint density at radius 1 is 0.976 bits per heavy atom. The third-order valence-electron chi connectivity index (χ3n) is 8.18. The lowest BCUT2D eigenvalue weighted by Gasteiger charge is -2.21. The van der Waals surface area contributed by atoms with Crippen molar-refractivity contribution < 1.29 is 19.1 Å². The minimum Gasteiger partial charge on any atom is -0.448 e. The first-order valence-corrected chi connectivity index (χ1v) is 14.9. The fourth-order valence-corrected chi connectivity index (χ4v) is 6.78. The summed E-state index contributed by atoms with van der Waals surface area (Å²) >= 11 is 7.52. The van der Waals surface area contributed by atoms with Crippen LogP contribution in [0.2, 0.25) is 5.02 Å². The molecule has 6 nitrogen and oxygen atoms in total. The molecule has 2 aliphatic carbocycles. The number of nitrogens with one attached hydrogen (secondary N) is 2. The van der Waals surface area contributed by atoms with Crippen LogP contribution in [0.25, 0.3) is 11.1 Å². The number of rotatable bonds is 9. The van der Waals surface area contributed by atoms with Crippen molar-refractivity contribution in [2.24, 2.45) is 5.92 Å². The molecule has 1 heterocycles. The molecule has 0 radical (unpaired) electrons. The van der Waals surface area contributed by atoms with Crippen LogP contribution in [0.3, 0.4) is 0 Å². The number of aryl methyl sites for hydroxylation is 1. The Labute approximate surface area is 248 Å². The summed E-state index contributed by atoms with van der Waals surface area (Å²) < 4.78 is 11.9. The van der Waals surface area contributed by atoms with Crippen LogP contribution in [0.1, 0.15) is 56.8 Å². The Morgan fingerprint density at radius 3 is 2.20 bits per heavy atom. The predicted molar refractivity (Wildman–Crippen MR) is 163 cm³/mol. The van der Waals surface area contributed by atoms with Gasteiger partial charge in [0.1, 0.15) is 24.1 Å². The summed E-state index contributed by atoms with van der Waals surface area (Å²) in [5.41, 5.74) is 6.03. The number of benzene rings is 3. The number of alkyl carbamates (subject to hydrolysis) is 1. The third kappa shape index (κ3) is 5.25. The molecular weight excluding hydrogens is 556 g/mol. The minimum atomic E-state index is -0.808. The molecule has 4 aromatic rings. The molecule has 2 aliphatic rings. The topological polar surface area (TPSA) is 76.7 Å². The molecule has 0 spiro atoms. The van der Waals surface area contributed by atoms with Crippen LogP contribution in [0.5, 0.6) is 0 Å². The number of amides is 1. The number of anilines is 1. The maximum absolute atomic E-state index is 13.3. The van der Waals surface area contributed by atoms with Crippen LogP contribution in [-0.4, -0.2) is 30.9 Å². The Balaban J connectivity index is 1.08. The second-order valence-electron chi connectivity index (χ2n) is 10.7. The van der Waals surface area contributed by atoms with Crippen molar-refractivity contribution in [2.45, 2.75) is 38.8 Å². The monoisotopic (exact) mass is 586 g/mol. The number of thiophene rings is 1. The highest BCUT2D eigenvalue weighted by Gasteiger charge is 2.54. The number of hydrogen-bond donors (Lipinski definition) is 2. The number of halogens is 1. The van der Waals surface area contributed by atoms with Crippen molar-refractivity contribution in [3.8, 4) is 11.1 Å². The minimum absolute atomic E-state index is 0.00906. The maximum Gasteiger partial charge on any atom is 0.409 e. The van der Waals surface area contributed by atoms with E-state index in [1.165, 1.54) is 33.6 Å². The normalized spacial score (nSPS) is 18.9. The van der Waals surface area contributed by atoms with Gasteiger partial charge in [-0.25, -0.2) is 4.79 Å². The van der Waals surface area contributed by atoms with E-state index < -0.39 is 11.8 Å². The highest BCUT2D eigenvalue weighted by molar-refractivity contribution is 7.16. The molecule has 210 valence electrons. The lowest BCUT2D eigenvalue weighted by molar-refractivity contribution is 0.00635. The molecule has 0 aliphatic heterocycles. The molecule has 0 unspecified atom stereocenters. The second kappa shape index (κ2) is 11.0. The molecule has 1 amide bonds. The van der Waals surface area contributed by atoms with Gasteiger partial charge in [-0.3, -0.25) is 10.1 Å². The molecule has 41 heavy (non-hydrogen) atoms. The van der Waals surface area contributed by atoms with Crippen molar-refractivity contribution in [1.82, 2.24) is 5.32 Å². The van der Waals surface area contributed by atoms with E-state index >= 15 is 0 Å². The molecule has 1 aromatic heterocycles. The van der Waals surface area contributed by atoms with E-state index in [1.807, 2.05) is 45.0 Å². The summed E-state index contributed by atoms with van der Waals surface area (Å²) in [6, 6.07) is 23.4. The summed E-state index contributed by atoms with van der Waals surface area (Å²) in [6.45, 7) is 6.34. The fraction of sp³-hybridized carbons (Fsp3) is 0.273. The van der Waals surface area contributed by atoms with Gasteiger partial charge in [-0.05, 0) is 65.9 Å². The first kappa shape index (κ1) is 27.5. The molecule has 1 fully saturated rings. The van der Waals surface area contributed by atoms with Crippen LogP contribution in [0, 0.1) is 19.8 Å². The van der Waals surface area contributed by atoms with Crippen molar-refractivity contribution >= 4 is 39.8 Å². The maximum atomic E-state index is 13.3. The fourth-order valence-electron chi connectivity index (χ4n) is 5.62. The summed E-state index contributed by atoms with van der Waals surface area (Å²) in [6.07, 6.45) is 0.176. The van der Waals surface area contributed by atoms with Gasteiger partial charge in [0.05, 0.1) is 5.56 Å². The van der Waals surface area contributed by atoms with Gasteiger partial charge in [-0.2, -0.15) is 0 Å². The summed E-state index contributed by atoms with van der Waals surface area (Å²) in [5, 5.41) is 7.57. The van der Waals surface area contributed by atoms with Crippen molar-refractivity contribution in [1.29, 1.82) is 0 Å². The first-order valence-electron chi connectivity index (χ1n) is 13.7. The zero-order valence-electron chi connectivity index (χ0n) is 23.1. The summed E-state index contributed by atoms with van der Waals surface area (Å²) in [4.78, 5) is 27.3. The number of ketones is 1. The zero-order chi connectivity index (χ0) is 28.7. The quantitative estimate of drug-likeness (QED) is 0.154. The van der Waals surface area contributed by atoms with Gasteiger partial charge in [-0.15, -0.1) is 11.3 Å². The van der Waals surface area contributed by atoms with E-state index in [0.29, 0.717) is 22.6 Å². The van der Waals surface area contributed by atoms with Crippen molar-refractivity contribution in [3.63, 3.8) is 0 Å². The van der Waals surface area contributed by atoms with Gasteiger partial charge in [-0.1, -0.05) is 67.1 Å². The molecule has 8 heteroatoms. The van der Waals surface area contributed by atoms with E-state index in [4.69, 9.17) is 21.1 Å². The Kier molecular flexibility index (Phi) is 7.36. The van der Waals surface area contributed by atoms with E-state index in [9.17, 15) is 9.59 Å². The van der Waals surface area contributed by atoms with Gasteiger partial charge in [0.25, 0.3) is 0 Å². The molecule has 0 saturated heterocycles. The third-order valence-corrected chi connectivity index (χ3v) is 9.60. The van der Waals surface area contributed by atoms with Crippen LogP contribution in [0.4, 0.5) is 9.80 Å². The summed E-state index contributed by atoms with van der Waals surface area (Å²) in [7, 11) is 0. The van der Waals surface area contributed by atoms with Crippen molar-refractivity contribution in [2.75, 3.05) is 18.7 Å². The summed E-state index contributed by atoms with van der Waals surface area (Å²) in [5.74, 6) is 0.0502. The predicted octanol–water partition coefficient (Wildman–Crippen LogP) is 7.91. The first-order chi connectivity index (χ1) is 19.8. The van der Waals surface area contributed by atoms with Gasteiger partial charge < -0.3 is 14.8 Å². The largest absolute Gasteiger partial charge is 0.448 e. The van der Waals surface area contributed by atoms with Crippen LogP contribution in [-0.2, 0) is 9.47 Å². The lowest BCUT2D eigenvalue weighted by Crippen LogP contribution is -2.42. The van der Waals surface area contributed by atoms with E-state index in [0.717, 1.165) is 15.4 Å². The molecule has 3 aromatic carbocycles. The Morgan fingerprint density at radius 2 is 1.59 bits per heavy atom. The lowest BCUT2D eigenvalue weighted by atomic mass is 9.98. The van der Waals surface area contributed by atoms with Crippen LogP contribution < -0.4 is 10.6 Å². The number of ether oxygens (including phenoxy) is 2. The Hall–Kier alpha value is -3.65. The average molecular weight is 587 g/mol.